The fourth-order valence-corrected chi connectivity index (χ4v) is 5.08. The van der Waals surface area contributed by atoms with Crippen LogP contribution in [0, 0.1) is 0 Å². The number of carbonyl (C=O) groups excluding carboxylic acids is 1. The SMILES string of the molecule is COc1ccc(N2CCC(NC(=O)c3oc4ccccc4c3CSc3ncccn3)CC2)cc1. The van der Waals surface area contributed by atoms with Gasteiger partial charge in [-0.25, -0.2) is 9.97 Å². The van der Waals surface area contributed by atoms with Gasteiger partial charge in [-0.1, -0.05) is 30.0 Å². The first-order valence-electron chi connectivity index (χ1n) is 11.3. The molecule has 0 atom stereocenters. The summed E-state index contributed by atoms with van der Waals surface area (Å²) in [5.41, 5.74) is 2.76. The van der Waals surface area contributed by atoms with E-state index in [1.165, 1.54) is 17.4 Å². The minimum Gasteiger partial charge on any atom is -0.497 e. The van der Waals surface area contributed by atoms with Gasteiger partial charge in [0.1, 0.15) is 11.3 Å². The Hall–Kier alpha value is -3.52. The van der Waals surface area contributed by atoms with Gasteiger partial charge in [-0.05, 0) is 49.2 Å². The number of hydrogen-bond acceptors (Lipinski definition) is 7. The molecule has 1 amide bonds. The van der Waals surface area contributed by atoms with Crippen molar-refractivity contribution >= 4 is 34.3 Å². The van der Waals surface area contributed by atoms with E-state index in [-0.39, 0.29) is 11.9 Å². The molecule has 7 nitrogen and oxygen atoms in total. The Morgan fingerprint density at radius 2 is 1.82 bits per heavy atom. The van der Waals surface area contributed by atoms with Gasteiger partial charge in [0.25, 0.3) is 5.91 Å². The van der Waals surface area contributed by atoms with E-state index in [2.05, 4.69) is 32.3 Å². The van der Waals surface area contributed by atoms with Gasteiger partial charge in [0.15, 0.2) is 10.9 Å². The summed E-state index contributed by atoms with van der Waals surface area (Å²) < 4.78 is 11.3. The molecule has 1 N–H and O–H groups in total. The summed E-state index contributed by atoms with van der Waals surface area (Å²) in [6.07, 6.45) is 5.18. The summed E-state index contributed by atoms with van der Waals surface area (Å²) in [5.74, 6) is 1.62. The average molecular weight is 475 g/mol. The maximum absolute atomic E-state index is 13.3. The molecule has 0 unspecified atom stereocenters. The van der Waals surface area contributed by atoms with Gasteiger partial charge in [0, 0.05) is 53.9 Å². The van der Waals surface area contributed by atoms with Crippen LogP contribution in [0.4, 0.5) is 5.69 Å². The molecule has 2 aromatic heterocycles. The van der Waals surface area contributed by atoms with Gasteiger partial charge in [0.05, 0.1) is 7.11 Å². The van der Waals surface area contributed by atoms with Crippen LogP contribution in [-0.2, 0) is 5.75 Å². The van der Waals surface area contributed by atoms with Gasteiger partial charge in [-0.2, -0.15) is 0 Å². The van der Waals surface area contributed by atoms with Crippen LogP contribution in [0.1, 0.15) is 29.0 Å². The molecule has 0 bridgehead atoms. The number of ether oxygens (including phenoxy) is 1. The predicted octanol–water partition coefficient (Wildman–Crippen LogP) is 4.92. The minimum absolute atomic E-state index is 0.105. The summed E-state index contributed by atoms with van der Waals surface area (Å²) in [6.45, 7) is 1.76. The zero-order chi connectivity index (χ0) is 23.3. The topological polar surface area (TPSA) is 80.5 Å². The molecule has 0 aliphatic carbocycles. The van der Waals surface area contributed by atoms with E-state index < -0.39 is 0 Å². The van der Waals surface area contributed by atoms with Crippen LogP contribution in [0.15, 0.2) is 76.6 Å². The molecule has 1 aliphatic heterocycles. The number of anilines is 1. The van der Waals surface area contributed by atoms with Crippen molar-refractivity contribution in [1.82, 2.24) is 15.3 Å². The van der Waals surface area contributed by atoms with E-state index in [0.717, 1.165) is 42.6 Å². The van der Waals surface area contributed by atoms with Crippen molar-refractivity contribution in [3.63, 3.8) is 0 Å². The molecule has 1 saturated heterocycles. The highest BCUT2D eigenvalue weighted by atomic mass is 32.2. The summed E-state index contributed by atoms with van der Waals surface area (Å²) in [7, 11) is 1.67. The van der Waals surface area contributed by atoms with Crippen molar-refractivity contribution in [2.24, 2.45) is 0 Å². The molecule has 0 saturated carbocycles. The quantitative estimate of drug-likeness (QED) is 0.301. The Kier molecular flexibility index (Phi) is 6.67. The summed E-state index contributed by atoms with van der Waals surface area (Å²) in [6, 6.07) is 17.8. The van der Waals surface area contributed by atoms with Crippen LogP contribution in [0.2, 0.25) is 0 Å². The molecule has 1 fully saturated rings. The number of benzene rings is 2. The highest BCUT2D eigenvalue weighted by Crippen LogP contribution is 2.31. The first-order valence-corrected chi connectivity index (χ1v) is 12.3. The summed E-state index contributed by atoms with van der Waals surface area (Å²) in [4.78, 5) is 24.2. The van der Waals surface area contributed by atoms with Gasteiger partial charge >= 0.3 is 0 Å². The van der Waals surface area contributed by atoms with Crippen LogP contribution >= 0.6 is 11.8 Å². The van der Waals surface area contributed by atoms with E-state index >= 15 is 0 Å². The third-order valence-electron chi connectivity index (χ3n) is 6.06. The number of piperidine rings is 1. The average Bonchev–Trinajstić information content (AvgIpc) is 3.27. The summed E-state index contributed by atoms with van der Waals surface area (Å²) >= 11 is 1.49. The number of nitrogens with one attached hydrogen (secondary N) is 1. The second kappa shape index (κ2) is 10.2. The van der Waals surface area contributed by atoms with Gasteiger partial charge in [-0.15, -0.1) is 0 Å². The summed E-state index contributed by atoms with van der Waals surface area (Å²) in [5, 5.41) is 4.83. The first kappa shape index (κ1) is 22.3. The zero-order valence-electron chi connectivity index (χ0n) is 18.9. The zero-order valence-corrected chi connectivity index (χ0v) is 19.8. The number of thioether (sulfide) groups is 1. The monoisotopic (exact) mass is 474 g/mol. The lowest BCUT2D eigenvalue weighted by Crippen LogP contribution is -2.44. The number of fused-ring (bicyclic) bond motifs is 1. The number of para-hydroxylation sites is 1. The van der Waals surface area contributed by atoms with Crippen molar-refractivity contribution in [2.75, 3.05) is 25.1 Å². The van der Waals surface area contributed by atoms with Crippen LogP contribution < -0.4 is 15.0 Å². The highest BCUT2D eigenvalue weighted by molar-refractivity contribution is 7.98. The van der Waals surface area contributed by atoms with Crippen molar-refractivity contribution in [2.45, 2.75) is 29.8 Å². The Balaban J connectivity index is 1.26. The third kappa shape index (κ3) is 4.87. The molecule has 3 heterocycles. The largest absolute Gasteiger partial charge is 0.497 e. The number of amides is 1. The Bertz CT molecular complexity index is 1250. The first-order chi connectivity index (χ1) is 16.7. The van der Waals surface area contributed by atoms with Crippen molar-refractivity contribution < 1.29 is 13.9 Å². The Morgan fingerprint density at radius 3 is 2.56 bits per heavy atom. The normalized spacial score (nSPS) is 14.3. The smallest absolute Gasteiger partial charge is 0.287 e. The molecule has 2 aromatic carbocycles. The fraction of sp³-hybridized carbons (Fsp3) is 0.269. The number of nitrogens with zero attached hydrogens (tertiary/aromatic N) is 3. The number of furan rings is 1. The maximum atomic E-state index is 13.3. The number of aromatic nitrogens is 2. The maximum Gasteiger partial charge on any atom is 0.287 e. The number of methoxy groups -OCH3 is 1. The lowest BCUT2D eigenvalue weighted by molar-refractivity contribution is 0.0904. The fourth-order valence-electron chi connectivity index (χ4n) is 4.25. The van der Waals surface area contributed by atoms with Crippen molar-refractivity contribution in [3.8, 4) is 5.75 Å². The molecule has 1 aliphatic rings. The van der Waals surface area contributed by atoms with Crippen LogP contribution in [0.25, 0.3) is 11.0 Å². The molecule has 0 radical (unpaired) electrons. The number of hydrogen-bond donors (Lipinski definition) is 1. The Labute approximate surface area is 202 Å². The van der Waals surface area contributed by atoms with Crippen molar-refractivity contribution in [1.29, 1.82) is 0 Å². The molecule has 8 heteroatoms. The molecular formula is C26H26N4O3S. The number of carbonyl (C=O) groups is 1. The molecule has 5 rings (SSSR count). The second-order valence-electron chi connectivity index (χ2n) is 8.16. The molecule has 174 valence electrons. The van der Waals surface area contributed by atoms with Gasteiger partial charge in [0.2, 0.25) is 0 Å². The van der Waals surface area contributed by atoms with Crippen LogP contribution in [0.5, 0.6) is 5.75 Å². The lowest BCUT2D eigenvalue weighted by atomic mass is 10.0. The van der Waals surface area contributed by atoms with Gasteiger partial charge in [-0.3, -0.25) is 4.79 Å². The molecule has 0 spiro atoms. The Morgan fingerprint density at radius 1 is 1.09 bits per heavy atom. The van der Waals surface area contributed by atoms with Gasteiger partial charge < -0.3 is 19.4 Å². The van der Waals surface area contributed by atoms with E-state index in [1.807, 2.05) is 36.4 Å². The third-order valence-corrected chi connectivity index (χ3v) is 6.96. The van der Waals surface area contributed by atoms with E-state index in [0.29, 0.717) is 22.3 Å². The second-order valence-corrected chi connectivity index (χ2v) is 9.10. The highest BCUT2D eigenvalue weighted by Gasteiger charge is 2.26. The van der Waals surface area contributed by atoms with E-state index in [1.54, 1.807) is 25.6 Å². The van der Waals surface area contributed by atoms with E-state index in [9.17, 15) is 4.79 Å². The number of rotatable bonds is 7. The van der Waals surface area contributed by atoms with Crippen LogP contribution in [0.3, 0.4) is 0 Å². The van der Waals surface area contributed by atoms with E-state index in [4.69, 9.17) is 9.15 Å². The molecular weight excluding hydrogens is 448 g/mol. The standard InChI is InChI=1S/C26H26N4O3S/c1-32-20-9-7-19(8-10-20)30-15-11-18(12-16-30)29-25(31)24-22(17-34-26-27-13-4-14-28-26)21-5-2-3-6-23(21)33-24/h2-10,13-14,18H,11-12,15-17H2,1H3,(H,29,31). The van der Waals surface area contributed by atoms with Crippen molar-refractivity contribution in [3.05, 3.63) is 78.3 Å². The molecule has 4 aromatic rings. The lowest BCUT2D eigenvalue weighted by Gasteiger charge is -2.34. The molecule has 34 heavy (non-hydrogen) atoms. The minimum atomic E-state index is -0.163. The van der Waals surface area contributed by atoms with Crippen LogP contribution in [-0.4, -0.2) is 42.1 Å². The predicted molar refractivity (Wildman–Crippen MR) is 134 cm³/mol.